The molecule has 3 heterocycles. The predicted octanol–water partition coefficient (Wildman–Crippen LogP) is 3.92. The highest BCUT2D eigenvalue weighted by molar-refractivity contribution is 7.20. The van der Waals surface area contributed by atoms with Crippen molar-refractivity contribution in [2.45, 2.75) is 65.1 Å². The third-order valence-electron chi connectivity index (χ3n) is 5.91. The quantitative estimate of drug-likeness (QED) is 0.592. The monoisotopic (exact) mass is 453 g/mol. The van der Waals surface area contributed by atoms with Crippen molar-refractivity contribution in [3.63, 3.8) is 0 Å². The fraction of sp³-hybridized carbons (Fsp3) is 0.417. The minimum Gasteiger partial charge on any atom is -0.448 e. The van der Waals surface area contributed by atoms with E-state index in [-0.39, 0.29) is 17.5 Å². The Hall–Kier alpha value is -3.00. The molecule has 8 heteroatoms. The summed E-state index contributed by atoms with van der Waals surface area (Å²) < 4.78 is 7.19. The lowest BCUT2D eigenvalue weighted by molar-refractivity contribution is -0.129. The number of fused-ring (bicyclic) bond motifs is 2. The first kappa shape index (κ1) is 22.2. The molecule has 0 fully saturated rings. The number of aryl methyl sites for hydroxylation is 2. The van der Waals surface area contributed by atoms with Crippen molar-refractivity contribution in [3.05, 3.63) is 62.5 Å². The zero-order chi connectivity index (χ0) is 22.8. The molecule has 3 aromatic rings. The van der Waals surface area contributed by atoms with Crippen LogP contribution >= 0.6 is 11.3 Å². The molecular formula is C24H27N3O4S. The fourth-order valence-electron chi connectivity index (χ4n) is 4.03. The SMILES string of the molecule is Cc1c(C(=O)OC(C)C(=O)NC(C)c2ccccc2)sc2nc3n(c(=O)c12)CCCCC3. The Labute approximate surface area is 190 Å². The molecule has 0 spiro atoms. The van der Waals surface area contributed by atoms with E-state index in [1.54, 1.807) is 18.4 Å². The molecular weight excluding hydrogens is 426 g/mol. The first-order valence-electron chi connectivity index (χ1n) is 11.0. The van der Waals surface area contributed by atoms with Crippen LogP contribution in [0.1, 0.15) is 65.8 Å². The maximum absolute atomic E-state index is 13.1. The van der Waals surface area contributed by atoms with E-state index in [9.17, 15) is 14.4 Å². The van der Waals surface area contributed by atoms with Crippen LogP contribution in [0.2, 0.25) is 0 Å². The molecule has 2 aromatic heterocycles. The van der Waals surface area contributed by atoms with Gasteiger partial charge in [-0.15, -0.1) is 11.3 Å². The highest BCUT2D eigenvalue weighted by atomic mass is 32.1. The second-order valence-electron chi connectivity index (χ2n) is 8.22. The molecule has 1 aromatic carbocycles. The largest absolute Gasteiger partial charge is 0.448 e. The van der Waals surface area contributed by atoms with Gasteiger partial charge in [0.15, 0.2) is 6.10 Å². The van der Waals surface area contributed by atoms with Crippen molar-refractivity contribution in [1.29, 1.82) is 0 Å². The van der Waals surface area contributed by atoms with Crippen LogP contribution in [0.3, 0.4) is 0 Å². The average Bonchev–Trinajstić information content (AvgIpc) is 2.95. The Morgan fingerprint density at radius 3 is 2.66 bits per heavy atom. The summed E-state index contributed by atoms with van der Waals surface area (Å²) in [5.41, 5.74) is 1.44. The lowest BCUT2D eigenvalue weighted by Gasteiger charge is -2.18. The van der Waals surface area contributed by atoms with Crippen molar-refractivity contribution >= 4 is 33.4 Å². The summed E-state index contributed by atoms with van der Waals surface area (Å²) in [5.74, 6) is -0.206. The van der Waals surface area contributed by atoms with Gasteiger partial charge in [0.05, 0.1) is 11.4 Å². The van der Waals surface area contributed by atoms with E-state index in [0.29, 0.717) is 27.2 Å². The summed E-state index contributed by atoms with van der Waals surface area (Å²) in [6.45, 7) is 5.82. The van der Waals surface area contributed by atoms with Gasteiger partial charge in [0.25, 0.3) is 11.5 Å². The van der Waals surface area contributed by atoms with Crippen LogP contribution in [0.4, 0.5) is 0 Å². The number of benzene rings is 1. The molecule has 2 unspecified atom stereocenters. The van der Waals surface area contributed by atoms with E-state index >= 15 is 0 Å². The van der Waals surface area contributed by atoms with E-state index in [2.05, 4.69) is 10.3 Å². The smallest absolute Gasteiger partial charge is 0.349 e. The third-order valence-corrected chi connectivity index (χ3v) is 7.07. The van der Waals surface area contributed by atoms with Crippen LogP contribution in [0.5, 0.6) is 0 Å². The van der Waals surface area contributed by atoms with Crippen LogP contribution in [-0.4, -0.2) is 27.5 Å². The van der Waals surface area contributed by atoms with Crippen molar-refractivity contribution in [2.24, 2.45) is 0 Å². The Balaban J connectivity index is 1.52. The van der Waals surface area contributed by atoms with Gasteiger partial charge in [-0.05, 0) is 44.7 Å². The summed E-state index contributed by atoms with van der Waals surface area (Å²) in [6.07, 6.45) is 2.83. The molecule has 1 N–H and O–H groups in total. The molecule has 1 aliphatic heterocycles. The number of nitrogens with one attached hydrogen (secondary N) is 1. The van der Waals surface area contributed by atoms with Crippen LogP contribution in [0.15, 0.2) is 35.1 Å². The molecule has 0 bridgehead atoms. The number of esters is 1. The molecule has 0 saturated carbocycles. The zero-order valence-electron chi connectivity index (χ0n) is 18.5. The maximum atomic E-state index is 13.1. The topological polar surface area (TPSA) is 90.3 Å². The highest BCUT2D eigenvalue weighted by Gasteiger charge is 2.26. The third kappa shape index (κ3) is 4.32. The van der Waals surface area contributed by atoms with Gasteiger partial charge in [-0.1, -0.05) is 36.8 Å². The van der Waals surface area contributed by atoms with Crippen LogP contribution in [0, 0.1) is 6.92 Å². The van der Waals surface area contributed by atoms with Crippen molar-refractivity contribution in [2.75, 3.05) is 0 Å². The molecule has 2 atom stereocenters. The van der Waals surface area contributed by atoms with E-state index in [1.165, 1.54) is 0 Å². The molecule has 4 rings (SSSR count). The molecule has 1 amide bonds. The van der Waals surface area contributed by atoms with Gasteiger partial charge in [0.1, 0.15) is 15.5 Å². The summed E-state index contributed by atoms with van der Waals surface area (Å²) in [5, 5.41) is 3.34. The summed E-state index contributed by atoms with van der Waals surface area (Å²) in [6, 6.07) is 9.36. The van der Waals surface area contributed by atoms with Gasteiger partial charge in [-0.2, -0.15) is 0 Å². The first-order chi connectivity index (χ1) is 15.4. The molecule has 0 aliphatic carbocycles. The number of hydrogen-bond acceptors (Lipinski definition) is 6. The number of carbonyl (C=O) groups excluding carboxylic acids is 2. The number of thiophene rings is 1. The van der Waals surface area contributed by atoms with Crippen molar-refractivity contribution in [3.8, 4) is 0 Å². The maximum Gasteiger partial charge on any atom is 0.349 e. The minimum absolute atomic E-state index is 0.0952. The van der Waals surface area contributed by atoms with E-state index in [0.717, 1.165) is 48.4 Å². The second-order valence-corrected chi connectivity index (χ2v) is 9.22. The second kappa shape index (κ2) is 9.24. The Kier molecular flexibility index (Phi) is 6.41. The predicted molar refractivity (Wildman–Crippen MR) is 124 cm³/mol. The van der Waals surface area contributed by atoms with Gasteiger partial charge in [0.2, 0.25) is 0 Å². The molecule has 7 nitrogen and oxygen atoms in total. The van der Waals surface area contributed by atoms with E-state index in [1.807, 2.05) is 37.3 Å². The number of nitrogens with zero attached hydrogens (tertiary/aromatic N) is 2. The first-order valence-corrected chi connectivity index (χ1v) is 11.8. The number of hydrogen-bond donors (Lipinski definition) is 1. The fourth-order valence-corrected chi connectivity index (χ4v) is 5.10. The Morgan fingerprint density at radius 1 is 1.16 bits per heavy atom. The number of rotatable bonds is 5. The Bertz CT molecular complexity index is 1220. The van der Waals surface area contributed by atoms with Gasteiger partial charge >= 0.3 is 5.97 Å². The molecule has 0 saturated heterocycles. The van der Waals surface area contributed by atoms with Gasteiger partial charge in [0, 0.05) is 13.0 Å². The van der Waals surface area contributed by atoms with Crippen LogP contribution in [0.25, 0.3) is 10.2 Å². The minimum atomic E-state index is -0.968. The standard InChI is InChI=1S/C24H27N3O4S/c1-14-19-22(26-18-12-8-5-9-13-27(18)23(19)29)32-20(14)24(30)31-16(3)21(28)25-15(2)17-10-6-4-7-11-17/h4,6-7,10-11,15-16H,5,8-9,12-13H2,1-3H3,(H,25,28). The summed E-state index contributed by atoms with van der Waals surface area (Å²) in [4.78, 5) is 44.1. The Morgan fingerprint density at radius 2 is 1.91 bits per heavy atom. The summed E-state index contributed by atoms with van der Waals surface area (Å²) >= 11 is 1.16. The van der Waals surface area contributed by atoms with Crippen LogP contribution in [-0.2, 0) is 22.5 Å². The molecule has 1 aliphatic rings. The zero-order valence-corrected chi connectivity index (χ0v) is 19.3. The molecule has 0 radical (unpaired) electrons. The van der Waals surface area contributed by atoms with E-state index in [4.69, 9.17) is 4.74 Å². The van der Waals surface area contributed by atoms with Gasteiger partial charge in [-0.25, -0.2) is 9.78 Å². The van der Waals surface area contributed by atoms with Crippen molar-refractivity contribution < 1.29 is 14.3 Å². The summed E-state index contributed by atoms with van der Waals surface area (Å²) in [7, 11) is 0. The average molecular weight is 454 g/mol. The van der Waals surface area contributed by atoms with Crippen molar-refractivity contribution in [1.82, 2.24) is 14.9 Å². The molecule has 168 valence electrons. The van der Waals surface area contributed by atoms with E-state index < -0.39 is 12.1 Å². The highest BCUT2D eigenvalue weighted by Crippen LogP contribution is 2.29. The van der Waals surface area contributed by atoms with Gasteiger partial charge in [-0.3, -0.25) is 14.2 Å². The lowest BCUT2D eigenvalue weighted by Crippen LogP contribution is -2.37. The van der Waals surface area contributed by atoms with Gasteiger partial charge < -0.3 is 10.1 Å². The number of ether oxygens (including phenoxy) is 1. The number of aromatic nitrogens is 2. The normalized spacial score (nSPS) is 15.5. The van der Waals surface area contributed by atoms with Crippen LogP contribution < -0.4 is 10.9 Å². The molecule has 32 heavy (non-hydrogen) atoms. The number of amides is 1. The number of carbonyl (C=O) groups is 2. The lowest BCUT2D eigenvalue weighted by atomic mass is 10.1.